The van der Waals surface area contributed by atoms with Gasteiger partial charge in [0.05, 0.1) is 5.54 Å². The Morgan fingerprint density at radius 2 is 1.80 bits per heavy atom. The third-order valence-electron chi connectivity index (χ3n) is 4.38. The van der Waals surface area contributed by atoms with Crippen LogP contribution in [0, 0.1) is 11.8 Å². The van der Waals surface area contributed by atoms with Crippen LogP contribution in [0.3, 0.4) is 0 Å². The van der Waals surface area contributed by atoms with Crippen LogP contribution in [0.15, 0.2) is 0 Å². The van der Waals surface area contributed by atoms with Crippen LogP contribution in [0.25, 0.3) is 0 Å². The maximum absolute atomic E-state index is 11.8. The van der Waals surface area contributed by atoms with E-state index in [-0.39, 0.29) is 11.9 Å². The summed E-state index contributed by atoms with van der Waals surface area (Å²) in [5.41, 5.74) is 5.00. The molecule has 1 amide bonds. The van der Waals surface area contributed by atoms with E-state index in [1.54, 1.807) is 0 Å². The minimum absolute atomic E-state index is 0.249. The van der Waals surface area contributed by atoms with Gasteiger partial charge in [0, 0.05) is 25.2 Å². The highest BCUT2D eigenvalue weighted by atomic mass is 16.1. The number of piperidine rings is 1. The maximum Gasteiger partial charge on any atom is 0.237 e. The van der Waals surface area contributed by atoms with Crippen LogP contribution in [0.4, 0.5) is 0 Å². The van der Waals surface area contributed by atoms with E-state index in [9.17, 15) is 4.79 Å². The summed E-state index contributed by atoms with van der Waals surface area (Å²) >= 11 is 0. The van der Waals surface area contributed by atoms with Gasteiger partial charge in [0.25, 0.3) is 0 Å². The second kappa shape index (κ2) is 6.90. The quantitative estimate of drug-likeness (QED) is 0.784. The Labute approximate surface area is 124 Å². The average Bonchev–Trinajstić information content (AvgIpc) is 2.25. The number of likely N-dealkylation sites (tertiary alicyclic amines) is 1. The summed E-state index contributed by atoms with van der Waals surface area (Å²) in [5.74, 6) is 1.22. The average molecular weight is 283 g/mol. The summed E-state index contributed by atoms with van der Waals surface area (Å²) in [7, 11) is 0. The van der Waals surface area contributed by atoms with E-state index in [1.165, 1.54) is 6.42 Å². The number of nitrogens with zero attached hydrogens (tertiary/aromatic N) is 1. The van der Waals surface area contributed by atoms with Crippen LogP contribution in [0.5, 0.6) is 0 Å². The van der Waals surface area contributed by atoms with Gasteiger partial charge in [0.1, 0.15) is 0 Å². The molecule has 0 bridgehead atoms. The number of primary amides is 1. The van der Waals surface area contributed by atoms with Crippen molar-refractivity contribution in [2.45, 2.75) is 72.0 Å². The molecule has 4 unspecified atom stereocenters. The number of carbonyl (C=O) groups is 1. The Morgan fingerprint density at radius 1 is 1.30 bits per heavy atom. The summed E-state index contributed by atoms with van der Waals surface area (Å²) in [6, 6.07) is 0.614. The molecule has 4 heteroatoms. The topological polar surface area (TPSA) is 58.4 Å². The molecule has 3 N–H and O–H groups in total. The second-order valence-electron chi connectivity index (χ2n) is 7.45. The highest BCUT2D eigenvalue weighted by molar-refractivity contribution is 5.84. The summed E-state index contributed by atoms with van der Waals surface area (Å²) < 4.78 is 0. The lowest BCUT2D eigenvalue weighted by atomic mass is 9.87. The number of nitrogens with one attached hydrogen (secondary N) is 1. The van der Waals surface area contributed by atoms with Crippen LogP contribution >= 0.6 is 0 Å². The molecule has 0 saturated carbocycles. The van der Waals surface area contributed by atoms with Crippen molar-refractivity contribution in [2.75, 3.05) is 13.1 Å². The zero-order valence-corrected chi connectivity index (χ0v) is 14.1. The van der Waals surface area contributed by atoms with E-state index in [2.05, 4.69) is 44.8 Å². The van der Waals surface area contributed by atoms with Gasteiger partial charge in [-0.25, -0.2) is 0 Å². The van der Waals surface area contributed by atoms with Gasteiger partial charge in [0.2, 0.25) is 5.91 Å². The van der Waals surface area contributed by atoms with Gasteiger partial charge in [-0.05, 0) is 52.4 Å². The molecule has 20 heavy (non-hydrogen) atoms. The predicted molar refractivity (Wildman–Crippen MR) is 84.5 cm³/mol. The van der Waals surface area contributed by atoms with Crippen LogP contribution in [-0.4, -0.2) is 41.5 Å². The number of nitrogens with two attached hydrogens (primary N) is 1. The molecule has 1 saturated heterocycles. The SMILES string of the molecule is CC1CC(C)CN(C(C)CC(C)(NC(C)C)C(N)=O)C1. The van der Waals surface area contributed by atoms with E-state index >= 15 is 0 Å². The van der Waals surface area contributed by atoms with Crippen molar-refractivity contribution in [2.24, 2.45) is 17.6 Å². The molecule has 1 aliphatic heterocycles. The summed E-state index contributed by atoms with van der Waals surface area (Å²) in [6.45, 7) is 15.1. The van der Waals surface area contributed by atoms with Crippen molar-refractivity contribution in [3.63, 3.8) is 0 Å². The molecule has 1 fully saturated rings. The van der Waals surface area contributed by atoms with Crippen molar-refractivity contribution in [1.82, 2.24) is 10.2 Å². The van der Waals surface area contributed by atoms with Gasteiger partial charge < -0.3 is 16.0 Å². The molecule has 118 valence electrons. The minimum Gasteiger partial charge on any atom is -0.368 e. The van der Waals surface area contributed by atoms with Gasteiger partial charge in [0.15, 0.2) is 0 Å². The monoisotopic (exact) mass is 283 g/mol. The largest absolute Gasteiger partial charge is 0.368 e. The zero-order chi connectivity index (χ0) is 15.5. The van der Waals surface area contributed by atoms with E-state index in [1.807, 2.05) is 6.92 Å². The van der Waals surface area contributed by atoms with Crippen molar-refractivity contribution in [1.29, 1.82) is 0 Å². The van der Waals surface area contributed by atoms with Crippen LogP contribution < -0.4 is 11.1 Å². The normalized spacial score (nSPS) is 29.1. The third kappa shape index (κ3) is 4.74. The lowest BCUT2D eigenvalue weighted by Gasteiger charge is -2.42. The first-order valence-electron chi connectivity index (χ1n) is 7.95. The van der Waals surface area contributed by atoms with Crippen LogP contribution in [0.1, 0.15) is 54.4 Å². The van der Waals surface area contributed by atoms with Crippen molar-refractivity contribution < 1.29 is 4.79 Å². The molecule has 0 radical (unpaired) electrons. The van der Waals surface area contributed by atoms with Gasteiger partial charge in [-0.2, -0.15) is 0 Å². The smallest absolute Gasteiger partial charge is 0.237 e. The predicted octanol–water partition coefficient (Wildman–Crippen LogP) is 1.98. The first-order chi connectivity index (χ1) is 9.14. The number of rotatable bonds is 6. The molecule has 0 aliphatic carbocycles. The summed E-state index contributed by atoms with van der Waals surface area (Å²) in [4.78, 5) is 14.4. The first-order valence-corrected chi connectivity index (χ1v) is 7.95. The van der Waals surface area contributed by atoms with Gasteiger partial charge in [-0.15, -0.1) is 0 Å². The lowest BCUT2D eigenvalue weighted by Crippen LogP contribution is -2.59. The molecule has 4 atom stereocenters. The number of hydrogen-bond donors (Lipinski definition) is 2. The van der Waals surface area contributed by atoms with Gasteiger partial charge >= 0.3 is 0 Å². The van der Waals surface area contributed by atoms with Crippen LogP contribution in [0.2, 0.25) is 0 Å². The molecular formula is C16H33N3O. The second-order valence-corrected chi connectivity index (χ2v) is 7.45. The number of amides is 1. The molecular weight excluding hydrogens is 250 g/mol. The summed E-state index contributed by atoms with van der Waals surface area (Å²) in [6.07, 6.45) is 2.07. The standard InChI is InChI=1S/C16H33N3O/c1-11(2)18-16(6,15(17)20)8-14(5)19-9-12(3)7-13(4)10-19/h11-14,18H,7-10H2,1-6H3,(H2,17,20). The number of hydrogen-bond acceptors (Lipinski definition) is 3. The Kier molecular flexibility index (Phi) is 6.02. The van der Waals surface area contributed by atoms with Gasteiger partial charge in [-0.1, -0.05) is 13.8 Å². The molecule has 4 nitrogen and oxygen atoms in total. The molecule has 0 aromatic rings. The molecule has 0 spiro atoms. The lowest BCUT2D eigenvalue weighted by molar-refractivity contribution is -0.125. The first kappa shape index (κ1) is 17.4. The van der Waals surface area contributed by atoms with E-state index in [4.69, 9.17) is 5.73 Å². The summed E-state index contributed by atoms with van der Waals surface area (Å²) in [5, 5.41) is 3.35. The zero-order valence-electron chi connectivity index (χ0n) is 14.1. The number of carbonyl (C=O) groups excluding carboxylic acids is 1. The molecule has 0 aromatic heterocycles. The highest BCUT2D eigenvalue weighted by Crippen LogP contribution is 2.25. The third-order valence-corrected chi connectivity index (χ3v) is 4.38. The van der Waals surface area contributed by atoms with Crippen molar-refractivity contribution in [3.8, 4) is 0 Å². The Hall–Kier alpha value is -0.610. The van der Waals surface area contributed by atoms with E-state index in [0.717, 1.165) is 31.3 Å². The Morgan fingerprint density at radius 3 is 2.20 bits per heavy atom. The van der Waals surface area contributed by atoms with Crippen LogP contribution in [-0.2, 0) is 4.79 Å². The van der Waals surface area contributed by atoms with E-state index in [0.29, 0.717) is 6.04 Å². The van der Waals surface area contributed by atoms with Crippen molar-refractivity contribution >= 4 is 5.91 Å². The van der Waals surface area contributed by atoms with Gasteiger partial charge in [-0.3, -0.25) is 4.79 Å². The highest BCUT2D eigenvalue weighted by Gasteiger charge is 2.36. The fourth-order valence-electron chi connectivity index (χ4n) is 3.66. The molecule has 1 heterocycles. The van der Waals surface area contributed by atoms with E-state index < -0.39 is 5.54 Å². The Bertz CT molecular complexity index is 322. The van der Waals surface area contributed by atoms with Crippen molar-refractivity contribution in [3.05, 3.63) is 0 Å². The maximum atomic E-state index is 11.8. The minimum atomic E-state index is -0.627. The molecule has 0 aromatic carbocycles. The molecule has 1 aliphatic rings. The fraction of sp³-hybridized carbons (Fsp3) is 0.938. The fourth-order valence-corrected chi connectivity index (χ4v) is 3.66. The molecule has 1 rings (SSSR count). The Balaban J connectivity index is 2.70.